The summed E-state index contributed by atoms with van der Waals surface area (Å²) >= 11 is 6.10. The molecule has 11 heteroatoms. The Labute approximate surface area is 255 Å². The van der Waals surface area contributed by atoms with E-state index in [4.69, 9.17) is 28.0 Å². The van der Waals surface area contributed by atoms with Gasteiger partial charge < -0.3 is 19.9 Å². The zero-order valence-electron chi connectivity index (χ0n) is 24.6. The number of aromatic nitrogens is 2. The van der Waals surface area contributed by atoms with Gasteiger partial charge >= 0.3 is 0 Å². The average molecular weight is 601 g/mol. The van der Waals surface area contributed by atoms with E-state index in [1.165, 1.54) is 6.07 Å². The summed E-state index contributed by atoms with van der Waals surface area (Å²) in [6, 6.07) is 11.9. The van der Waals surface area contributed by atoms with Crippen LogP contribution >= 0.6 is 11.6 Å². The van der Waals surface area contributed by atoms with E-state index in [-0.39, 0.29) is 48.1 Å². The fourth-order valence-electron chi connectivity index (χ4n) is 6.13. The Morgan fingerprint density at radius 3 is 2.53 bits per heavy atom. The molecule has 0 spiro atoms. The fourth-order valence-corrected chi connectivity index (χ4v) is 6.29. The largest absolute Gasteiger partial charge is 0.477 e. The number of nitrogens with one attached hydrogen (secondary N) is 1. The van der Waals surface area contributed by atoms with Gasteiger partial charge in [0.05, 0.1) is 30.9 Å². The smallest absolute Gasteiger partial charge is 0.273 e. The monoisotopic (exact) mass is 600 g/mol. The van der Waals surface area contributed by atoms with Gasteiger partial charge in [0.25, 0.3) is 17.7 Å². The first-order valence-electron chi connectivity index (χ1n) is 14.5. The molecule has 1 aliphatic carbocycles. The van der Waals surface area contributed by atoms with Crippen LogP contribution in [-0.4, -0.2) is 62.5 Å². The topological polar surface area (TPSA) is 101 Å². The van der Waals surface area contributed by atoms with Crippen molar-refractivity contribution in [2.24, 2.45) is 0 Å². The number of carbonyl (C=O) groups excluding carboxylic acids is 3. The second-order valence-corrected chi connectivity index (χ2v) is 12.1. The van der Waals surface area contributed by atoms with Gasteiger partial charge in [-0.1, -0.05) is 35.9 Å². The molecule has 3 heterocycles. The normalized spacial score (nSPS) is 20.9. The lowest BCUT2D eigenvalue weighted by Gasteiger charge is -2.37. The van der Waals surface area contributed by atoms with Crippen LogP contribution in [0.2, 0.25) is 5.02 Å². The molecule has 3 atom stereocenters. The highest BCUT2D eigenvalue weighted by Crippen LogP contribution is 2.41. The molecule has 0 radical (unpaired) electrons. The van der Waals surface area contributed by atoms with Crippen LogP contribution in [0.4, 0.5) is 5.69 Å². The molecule has 2 aliphatic heterocycles. The Hall–Kier alpha value is -4.36. The Bertz CT molecular complexity index is 1670. The highest BCUT2D eigenvalue weighted by Gasteiger charge is 2.52. The van der Waals surface area contributed by atoms with E-state index in [9.17, 15) is 14.4 Å². The summed E-state index contributed by atoms with van der Waals surface area (Å²) in [7, 11) is 1.61. The van der Waals surface area contributed by atoms with Crippen molar-refractivity contribution in [1.82, 2.24) is 24.9 Å². The second-order valence-electron chi connectivity index (χ2n) is 11.7. The molecule has 6 rings (SSSR count). The summed E-state index contributed by atoms with van der Waals surface area (Å²) in [5, 5.41) is 7.82. The van der Waals surface area contributed by atoms with Gasteiger partial charge in [-0.15, -0.1) is 0 Å². The lowest BCUT2D eigenvalue weighted by molar-refractivity contribution is -0.129. The molecule has 43 heavy (non-hydrogen) atoms. The first-order valence-corrected chi connectivity index (χ1v) is 14.8. The van der Waals surface area contributed by atoms with Crippen LogP contribution in [0.25, 0.3) is 4.85 Å². The minimum atomic E-state index is -0.781. The zero-order chi connectivity index (χ0) is 30.6. The Balaban J connectivity index is 1.24. The van der Waals surface area contributed by atoms with E-state index in [0.29, 0.717) is 47.8 Å². The molecule has 222 valence electrons. The molecule has 0 saturated heterocycles. The quantitative estimate of drug-likeness (QED) is 0.396. The molecule has 3 amide bonds. The summed E-state index contributed by atoms with van der Waals surface area (Å²) in [5.41, 5.74) is 2.91. The summed E-state index contributed by atoms with van der Waals surface area (Å²) < 4.78 is 7.83. The third-order valence-electron chi connectivity index (χ3n) is 8.85. The van der Waals surface area contributed by atoms with E-state index in [0.717, 1.165) is 16.8 Å². The molecular formula is C32H33ClN6O4. The van der Waals surface area contributed by atoms with Crippen molar-refractivity contribution >= 4 is 35.0 Å². The van der Waals surface area contributed by atoms with Crippen molar-refractivity contribution < 1.29 is 19.1 Å². The first-order chi connectivity index (χ1) is 20.6. The number of amides is 3. The van der Waals surface area contributed by atoms with Crippen LogP contribution in [0.15, 0.2) is 42.5 Å². The molecule has 1 saturated carbocycles. The maximum atomic E-state index is 14.1. The van der Waals surface area contributed by atoms with Gasteiger partial charge in [-0.05, 0) is 44.5 Å². The number of carbonyl (C=O) groups is 3. The Kier molecular flexibility index (Phi) is 7.17. The lowest BCUT2D eigenvalue weighted by Crippen LogP contribution is -2.45. The molecule has 1 aromatic heterocycles. The van der Waals surface area contributed by atoms with E-state index >= 15 is 0 Å². The molecule has 0 bridgehead atoms. The predicted molar refractivity (Wildman–Crippen MR) is 160 cm³/mol. The minimum Gasteiger partial charge on any atom is -0.477 e. The summed E-state index contributed by atoms with van der Waals surface area (Å²) in [5.74, 6) is 0.159. The van der Waals surface area contributed by atoms with E-state index in [1.54, 1.807) is 24.1 Å². The third kappa shape index (κ3) is 4.91. The van der Waals surface area contributed by atoms with Crippen molar-refractivity contribution in [3.05, 3.63) is 87.0 Å². The Morgan fingerprint density at radius 1 is 1.16 bits per heavy atom. The molecule has 2 aromatic carbocycles. The molecule has 1 fully saturated rings. The van der Waals surface area contributed by atoms with Gasteiger partial charge in [0.1, 0.15) is 11.4 Å². The number of hydrogen-bond donors (Lipinski definition) is 1. The lowest BCUT2D eigenvalue weighted by atomic mass is 9.96. The highest BCUT2D eigenvalue weighted by molar-refractivity contribution is 6.33. The number of hydrogen-bond acceptors (Lipinski definition) is 5. The van der Waals surface area contributed by atoms with Crippen LogP contribution in [0, 0.1) is 6.57 Å². The molecule has 0 unspecified atom stereocenters. The number of fused-ring (bicyclic) bond motifs is 3. The number of rotatable bonds is 6. The number of benzene rings is 2. The van der Waals surface area contributed by atoms with Crippen molar-refractivity contribution in [3.8, 4) is 5.75 Å². The average Bonchev–Trinajstić information content (AvgIpc) is 3.69. The van der Waals surface area contributed by atoms with Gasteiger partial charge in [0.2, 0.25) is 5.69 Å². The maximum absolute atomic E-state index is 14.1. The summed E-state index contributed by atoms with van der Waals surface area (Å²) in [6.45, 7) is 14.1. The fraction of sp³-hybridized carbons (Fsp3) is 0.406. The van der Waals surface area contributed by atoms with Gasteiger partial charge in [-0.3, -0.25) is 19.1 Å². The number of likely N-dealkylation sites (N-methyl/N-ethyl adjacent to an activating group) is 1. The molecule has 3 aromatic rings. The molecule has 1 N–H and O–H groups in total. The Morgan fingerprint density at radius 2 is 1.88 bits per heavy atom. The number of halogens is 1. The minimum absolute atomic E-state index is 0.0532. The first kappa shape index (κ1) is 28.7. The SMILES string of the molecule is [C-]#[N+]c1cc(C(=O)N2Cc3c(nn4c3C(=O)N([C@@H](C)c3ccc(OC5(C(=O)NC)CC5)cc3)C[C@H]4C)C[C@H]2C)ccc1Cl. The van der Waals surface area contributed by atoms with Crippen LogP contribution < -0.4 is 10.1 Å². The number of ether oxygens (including phenoxy) is 1. The van der Waals surface area contributed by atoms with Crippen molar-refractivity contribution in [2.45, 2.75) is 70.3 Å². The van der Waals surface area contributed by atoms with Crippen molar-refractivity contribution in [2.75, 3.05) is 13.6 Å². The van der Waals surface area contributed by atoms with Crippen LogP contribution in [0.5, 0.6) is 5.75 Å². The van der Waals surface area contributed by atoms with Crippen LogP contribution in [0.3, 0.4) is 0 Å². The summed E-state index contributed by atoms with van der Waals surface area (Å²) in [6.07, 6.45) is 1.90. The van der Waals surface area contributed by atoms with E-state index in [2.05, 4.69) is 10.2 Å². The molecular weight excluding hydrogens is 568 g/mol. The third-order valence-corrected chi connectivity index (χ3v) is 9.17. The van der Waals surface area contributed by atoms with Crippen molar-refractivity contribution in [1.29, 1.82) is 0 Å². The van der Waals surface area contributed by atoms with Gasteiger partial charge in [0, 0.05) is 55.0 Å². The predicted octanol–water partition coefficient (Wildman–Crippen LogP) is 5.11. The van der Waals surface area contributed by atoms with Crippen LogP contribution in [-0.2, 0) is 17.8 Å². The van der Waals surface area contributed by atoms with Gasteiger partial charge in [-0.2, -0.15) is 5.10 Å². The standard InChI is InChI=1S/C32H33ClN6O4/c1-18-14-26-24(17-37(18)29(40)22-8-11-25(33)27(15-22)34-4)28-30(41)38(16-19(2)39(28)36-26)20(3)21-6-9-23(10-7-21)43-32(12-13-32)31(42)35-5/h6-11,15,18-20H,12-14,16-17H2,1-3,5H3,(H,35,42)/t18-,19-,20+/m1/s1. The molecule has 10 nitrogen and oxygen atoms in total. The second kappa shape index (κ2) is 10.7. The zero-order valence-corrected chi connectivity index (χ0v) is 25.3. The molecule has 3 aliphatic rings. The van der Waals surface area contributed by atoms with Gasteiger partial charge in [-0.25, -0.2) is 4.85 Å². The maximum Gasteiger partial charge on any atom is 0.273 e. The van der Waals surface area contributed by atoms with Crippen molar-refractivity contribution in [3.63, 3.8) is 0 Å². The van der Waals surface area contributed by atoms with E-state index < -0.39 is 5.60 Å². The van der Waals surface area contributed by atoms with Gasteiger partial charge in [0.15, 0.2) is 5.60 Å². The van der Waals surface area contributed by atoms with Crippen LogP contribution in [0.1, 0.15) is 83.4 Å². The number of nitrogens with zero attached hydrogens (tertiary/aromatic N) is 5. The summed E-state index contributed by atoms with van der Waals surface area (Å²) in [4.78, 5) is 46.9. The highest BCUT2D eigenvalue weighted by atomic mass is 35.5. The van der Waals surface area contributed by atoms with E-state index in [1.807, 2.05) is 54.6 Å².